The molecule has 14 heavy (non-hydrogen) atoms. The Bertz CT molecular complexity index is 342. The highest BCUT2D eigenvalue weighted by molar-refractivity contribution is 5.22. The Hall–Kier alpha value is -1.04. The zero-order valence-corrected chi connectivity index (χ0v) is 7.60. The van der Waals surface area contributed by atoms with Crippen LogP contribution in [0.3, 0.4) is 0 Å². The van der Waals surface area contributed by atoms with Gasteiger partial charge in [-0.25, -0.2) is 4.98 Å². The van der Waals surface area contributed by atoms with Crippen LogP contribution in [-0.4, -0.2) is 22.3 Å². The third-order valence-corrected chi connectivity index (χ3v) is 2.40. The maximum absolute atomic E-state index is 12.5. The minimum absolute atomic E-state index is 0.117. The molecule has 1 atom stereocenters. The van der Waals surface area contributed by atoms with Crippen molar-refractivity contribution < 1.29 is 13.2 Å². The number of halogens is 3. The molecule has 0 amide bonds. The standard InChI is InChI=1S/C8H10F3N3/c1-14-4-13-6-5(14)2-3-12-7(6)8(9,10)11/h4,7,12H,2-3H2,1H3. The number of nitrogens with one attached hydrogen (secondary N) is 1. The van der Waals surface area contributed by atoms with Crippen LogP contribution >= 0.6 is 0 Å². The van der Waals surface area contributed by atoms with Crippen LogP contribution in [0.5, 0.6) is 0 Å². The number of hydrogen-bond acceptors (Lipinski definition) is 2. The van der Waals surface area contributed by atoms with Crippen LogP contribution in [0.25, 0.3) is 0 Å². The average molecular weight is 205 g/mol. The van der Waals surface area contributed by atoms with Crippen LogP contribution in [0, 0.1) is 0 Å². The number of aryl methyl sites for hydroxylation is 1. The number of rotatable bonds is 0. The summed E-state index contributed by atoms with van der Waals surface area (Å²) in [5.41, 5.74) is 0.789. The number of aromatic nitrogens is 2. The van der Waals surface area contributed by atoms with Crippen LogP contribution in [-0.2, 0) is 13.5 Å². The highest BCUT2D eigenvalue weighted by atomic mass is 19.4. The van der Waals surface area contributed by atoms with Gasteiger partial charge in [-0.15, -0.1) is 0 Å². The van der Waals surface area contributed by atoms with E-state index < -0.39 is 12.2 Å². The number of imidazole rings is 1. The predicted octanol–water partition coefficient (Wildman–Crippen LogP) is 1.17. The van der Waals surface area contributed by atoms with Crippen LogP contribution in [0.1, 0.15) is 17.4 Å². The van der Waals surface area contributed by atoms with E-state index in [1.807, 2.05) is 0 Å². The molecule has 0 spiro atoms. The topological polar surface area (TPSA) is 29.9 Å². The fraction of sp³-hybridized carbons (Fsp3) is 0.625. The summed E-state index contributed by atoms with van der Waals surface area (Å²) in [6.45, 7) is 0.344. The molecule has 1 N–H and O–H groups in total. The molecule has 0 saturated heterocycles. The molecule has 0 saturated carbocycles. The highest BCUT2D eigenvalue weighted by Crippen LogP contribution is 2.35. The number of hydrogen-bond donors (Lipinski definition) is 1. The molecule has 0 bridgehead atoms. The first-order chi connectivity index (χ1) is 6.50. The smallest absolute Gasteiger partial charge is 0.337 e. The van der Waals surface area contributed by atoms with Crippen molar-refractivity contribution in [3.8, 4) is 0 Å². The van der Waals surface area contributed by atoms with E-state index in [4.69, 9.17) is 0 Å². The van der Waals surface area contributed by atoms with Crippen LogP contribution in [0.15, 0.2) is 6.33 Å². The predicted molar refractivity (Wildman–Crippen MR) is 43.7 cm³/mol. The van der Waals surface area contributed by atoms with Gasteiger partial charge in [0.2, 0.25) is 0 Å². The van der Waals surface area contributed by atoms with Crippen LogP contribution in [0.2, 0.25) is 0 Å². The normalized spacial score (nSPS) is 22.1. The van der Waals surface area contributed by atoms with Crippen LogP contribution < -0.4 is 5.32 Å². The largest absolute Gasteiger partial charge is 0.409 e. The molecule has 1 aliphatic rings. The van der Waals surface area contributed by atoms with Gasteiger partial charge in [-0.3, -0.25) is 0 Å². The van der Waals surface area contributed by atoms with E-state index in [0.29, 0.717) is 18.7 Å². The second kappa shape index (κ2) is 2.98. The van der Waals surface area contributed by atoms with Gasteiger partial charge in [0, 0.05) is 25.7 Å². The second-order valence-corrected chi connectivity index (χ2v) is 3.37. The Labute approximate surface area is 78.9 Å². The molecule has 1 aliphatic heterocycles. The van der Waals surface area contributed by atoms with Gasteiger partial charge in [-0.05, 0) is 0 Å². The van der Waals surface area contributed by atoms with Crippen molar-refractivity contribution in [3.63, 3.8) is 0 Å². The van der Waals surface area contributed by atoms with Crippen LogP contribution in [0.4, 0.5) is 13.2 Å². The monoisotopic (exact) mass is 205 g/mol. The lowest BCUT2D eigenvalue weighted by atomic mass is 10.1. The minimum atomic E-state index is -4.26. The molecule has 0 fully saturated rings. The second-order valence-electron chi connectivity index (χ2n) is 3.37. The third-order valence-electron chi connectivity index (χ3n) is 2.40. The molecule has 78 valence electrons. The van der Waals surface area contributed by atoms with Gasteiger partial charge in [0.25, 0.3) is 0 Å². The molecule has 0 aliphatic carbocycles. The van der Waals surface area contributed by atoms with E-state index in [2.05, 4.69) is 10.3 Å². The van der Waals surface area contributed by atoms with Crippen molar-refractivity contribution in [1.29, 1.82) is 0 Å². The Morgan fingerprint density at radius 1 is 1.57 bits per heavy atom. The zero-order chi connectivity index (χ0) is 10.3. The lowest BCUT2D eigenvalue weighted by Gasteiger charge is -2.25. The van der Waals surface area contributed by atoms with Crippen molar-refractivity contribution >= 4 is 0 Å². The molecule has 0 radical (unpaired) electrons. The quantitative estimate of drug-likeness (QED) is 0.689. The van der Waals surface area contributed by atoms with E-state index in [0.717, 1.165) is 0 Å². The fourth-order valence-electron chi connectivity index (χ4n) is 1.72. The zero-order valence-electron chi connectivity index (χ0n) is 7.60. The molecule has 2 heterocycles. The minimum Gasteiger partial charge on any atom is -0.337 e. The van der Waals surface area contributed by atoms with Crippen molar-refractivity contribution in [1.82, 2.24) is 14.9 Å². The Morgan fingerprint density at radius 3 is 2.93 bits per heavy atom. The summed E-state index contributed by atoms with van der Waals surface area (Å²) in [5, 5.41) is 2.43. The van der Waals surface area contributed by atoms with E-state index in [-0.39, 0.29) is 5.69 Å². The van der Waals surface area contributed by atoms with Crippen molar-refractivity contribution in [3.05, 3.63) is 17.7 Å². The SMILES string of the molecule is Cn1cnc2c1CCNC2C(F)(F)F. The first kappa shape index (κ1) is 9.51. The first-order valence-corrected chi connectivity index (χ1v) is 4.30. The summed E-state index contributed by atoms with van der Waals surface area (Å²) in [7, 11) is 1.71. The Morgan fingerprint density at radius 2 is 2.29 bits per heavy atom. The molecule has 1 aromatic rings. The summed E-state index contributed by atoms with van der Waals surface area (Å²) >= 11 is 0. The summed E-state index contributed by atoms with van der Waals surface area (Å²) in [4.78, 5) is 3.78. The first-order valence-electron chi connectivity index (χ1n) is 4.30. The van der Waals surface area contributed by atoms with Gasteiger partial charge in [0.05, 0.1) is 12.0 Å². The molecule has 1 aromatic heterocycles. The molecule has 3 nitrogen and oxygen atoms in total. The van der Waals surface area contributed by atoms with E-state index in [9.17, 15) is 13.2 Å². The highest BCUT2D eigenvalue weighted by Gasteiger charge is 2.44. The van der Waals surface area contributed by atoms with Gasteiger partial charge in [-0.1, -0.05) is 0 Å². The molecule has 1 unspecified atom stereocenters. The lowest BCUT2D eigenvalue weighted by Crippen LogP contribution is -2.39. The summed E-state index contributed by atoms with van der Waals surface area (Å²) < 4.78 is 39.2. The van der Waals surface area contributed by atoms with Gasteiger partial charge in [0.15, 0.2) is 0 Å². The molecule has 0 aromatic carbocycles. The van der Waals surface area contributed by atoms with E-state index in [1.165, 1.54) is 6.33 Å². The summed E-state index contributed by atoms with van der Waals surface area (Å²) in [5.74, 6) is 0. The van der Waals surface area contributed by atoms with Gasteiger partial charge >= 0.3 is 6.18 Å². The van der Waals surface area contributed by atoms with Crippen molar-refractivity contribution in [2.24, 2.45) is 7.05 Å². The summed E-state index contributed by atoms with van der Waals surface area (Å²) in [6, 6.07) is -1.60. The Balaban J connectivity index is 2.41. The third kappa shape index (κ3) is 1.39. The number of alkyl halides is 3. The van der Waals surface area contributed by atoms with Gasteiger partial charge < -0.3 is 9.88 Å². The summed E-state index contributed by atoms with van der Waals surface area (Å²) in [6.07, 6.45) is -2.24. The van der Waals surface area contributed by atoms with Gasteiger partial charge in [0.1, 0.15) is 6.04 Å². The van der Waals surface area contributed by atoms with Crippen molar-refractivity contribution in [2.75, 3.05) is 6.54 Å². The Kier molecular flexibility index (Phi) is 2.02. The number of fused-ring (bicyclic) bond motifs is 1. The van der Waals surface area contributed by atoms with Crippen molar-refractivity contribution in [2.45, 2.75) is 18.6 Å². The van der Waals surface area contributed by atoms with E-state index >= 15 is 0 Å². The maximum Gasteiger partial charge on any atom is 0.409 e. The average Bonchev–Trinajstić information content (AvgIpc) is 2.46. The van der Waals surface area contributed by atoms with Gasteiger partial charge in [-0.2, -0.15) is 13.2 Å². The fourth-order valence-corrected chi connectivity index (χ4v) is 1.72. The molecular formula is C8H10F3N3. The maximum atomic E-state index is 12.5. The van der Waals surface area contributed by atoms with E-state index in [1.54, 1.807) is 11.6 Å². The molecular weight excluding hydrogens is 195 g/mol. The molecule has 6 heteroatoms. The molecule has 2 rings (SSSR count). The number of nitrogens with zero attached hydrogens (tertiary/aromatic N) is 2. The lowest BCUT2D eigenvalue weighted by molar-refractivity contribution is -0.159.